The highest BCUT2D eigenvalue weighted by Crippen LogP contribution is 2.26. The van der Waals surface area contributed by atoms with Gasteiger partial charge in [-0.25, -0.2) is 4.79 Å². The quantitative estimate of drug-likeness (QED) is 0.862. The van der Waals surface area contributed by atoms with Gasteiger partial charge in [0.25, 0.3) is 5.56 Å². The fourth-order valence-electron chi connectivity index (χ4n) is 3.43. The van der Waals surface area contributed by atoms with Crippen molar-refractivity contribution in [2.45, 2.75) is 44.7 Å². The number of hydrogen-bond acceptors (Lipinski definition) is 3. The average molecular weight is 329 g/mol. The van der Waals surface area contributed by atoms with Crippen LogP contribution in [0.3, 0.4) is 0 Å². The lowest BCUT2D eigenvalue weighted by molar-refractivity contribution is -0.129. The maximum atomic E-state index is 13.0. The van der Waals surface area contributed by atoms with Crippen LogP contribution in [0.25, 0.3) is 10.9 Å². The van der Waals surface area contributed by atoms with Crippen LogP contribution in [0.5, 0.6) is 0 Å². The molecule has 1 amide bonds. The fraction of sp³-hybridized carbons (Fsp3) is 0.500. The summed E-state index contributed by atoms with van der Waals surface area (Å²) in [5.74, 6) is -0.170. The maximum absolute atomic E-state index is 13.0. The van der Waals surface area contributed by atoms with Crippen molar-refractivity contribution in [3.8, 4) is 0 Å². The molecule has 6 nitrogen and oxygen atoms in total. The summed E-state index contributed by atoms with van der Waals surface area (Å²) < 4.78 is 2.82. The Kier molecular flexibility index (Phi) is 4.55. The summed E-state index contributed by atoms with van der Waals surface area (Å²) in [6, 6.07) is 6.96. The third-order valence-electron chi connectivity index (χ3n) is 4.81. The molecule has 0 saturated heterocycles. The van der Waals surface area contributed by atoms with E-state index in [2.05, 4.69) is 0 Å². The molecule has 1 aliphatic rings. The number of para-hydroxylation sites is 1. The minimum Gasteiger partial charge on any atom is -0.347 e. The summed E-state index contributed by atoms with van der Waals surface area (Å²) in [5, 5.41) is 0.495. The van der Waals surface area contributed by atoms with E-state index < -0.39 is 0 Å². The van der Waals surface area contributed by atoms with Crippen LogP contribution in [0.2, 0.25) is 0 Å². The molecule has 0 bridgehead atoms. The molecule has 1 aromatic heterocycles. The first-order valence-corrected chi connectivity index (χ1v) is 8.45. The van der Waals surface area contributed by atoms with Crippen LogP contribution in [-0.4, -0.2) is 34.0 Å². The molecule has 0 spiro atoms. The van der Waals surface area contributed by atoms with Gasteiger partial charge in [0.05, 0.1) is 10.9 Å². The zero-order valence-electron chi connectivity index (χ0n) is 14.2. The molecule has 1 aromatic carbocycles. The normalized spacial score (nSPS) is 15.6. The molecule has 6 heteroatoms. The molecule has 1 fully saturated rings. The van der Waals surface area contributed by atoms with Crippen LogP contribution in [0.15, 0.2) is 33.9 Å². The number of amides is 1. The molecule has 128 valence electrons. The predicted molar refractivity (Wildman–Crippen MR) is 93.3 cm³/mol. The molecule has 0 unspecified atom stereocenters. The Morgan fingerprint density at radius 1 is 1.12 bits per heavy atom. The zero-order valence-corrected chi connectivity index (χ0v) is 14.2. The summed E-state index contributed by atoms with van der Waals surface area (Å²) in [4.78, 5) is 39.5. The Morgan fingerprint density at radius 2 is 1.79 bits per heavy atom. The van der Waals surface area contributed by atoms with Crippen LogP contribution < -0.4 is 11.2 Å². The van der Waals surface area contributed by atoms with Crippen molar-refractivity contribution >= 4 is 16.8 Å². The van der Waals surface area contributed by atoms with Crippen molar-refractivity contribution in [3.63, 3.8) is 0 Å². The van der Waals surface area contributed by atoms with E-state index in [0.29, 0.717) is 10.9 Å². The summed E-state index contributed by atoms with van der Waals surface area (Å²) in [6.45, 7) is -0.0562. The molecule has 0 N–H and O–H groups in total. The Bertz CT molecular complexity index is 873. The van der Waals surface area contributed by atoms with Crippen LogP contribution in [-0.2, 0) is 11.3 Å². The lowest BCUT2D eigenvalue weighted by Crippen LogP contribution is -2.44. The standard InChI is InChI=1S/C18H23N3O3/c1-19(2)16(22)12-20-15-11-7-6-10-14(15)17(23)21(18(20)24)13-8-4-3-5-9-13/h6-7,10-11,13H,3-5,8-9,12H2,1-2H3. The van der Waals surface area contributed by atoms with E-state index in [1.807, 2.05) is 0 Å². The Balaban J connectivity index is 2.23. The number of hydrogen-bond donors (Lipinski definition) is 0. The Hall–Kier alpha value is -2.37. The molecule has 1 heterocycles. The molecular formula is C18H23N3O3. The second-order valence-electron chi connectivity index (χ2n) is 6.64. The zero-order chi connectivity index (χ0) is 17.3. The second-order valence-corrected chi connectivity index (χ2v) is 6.64. The topological polar surface area (TPSA) is 64.3 Å². The lowest BCUT2D eigenvalue weighted by Gasteiger charge is -2.25. The van der Waals surface area contributed by atoms with Gasteiger partial charge >= 0.3 is 5.69 Å². The van der Waals surface area contributed by atoms with Crippen molar-refractivity contribution in [1.82, 2.24) is 14.0 Å². The van der Waals surface area contributed by atoms with Gasteiger partial charge in [0.2, 0.25) is 5.91 Å². The smallest absolute Gasteiger partial charge is 0.332 e. The van der Waals surface area contributed by atoms with Crippen molar-refractivity contribution < 1.29 is 4.79 Å². The van der Waals surface area contributed by atoms with Crippen molar-refractivity contribution in [3.05, 3.63) is 45.1 Å². The number of fused-ring (bicyclic) bond motifs is 1. The van der Waals surface area contributed by atoms with Crippen molar-refractivity contribution in [1.29, 1.82) is 0 Å². The Labute approximate surface area is 140 Å². The van der Waals surface area contributed by atoms with Crippen molar-refractivity contribution in [2.75, 3.05) is 14.1 Å². The van der Waals surface area contributed by atoms with E-state index >= 15 is 0 Å². The molecule has 2 aromatic rings. The SMILES string of the molecule is CN(C)C(=O)Cn1c(=O)n(C2CCCCC2)c(=O)c2ccccc21. The predicted octanol–water partition coefficient (Wildman–Crippen LogP) is 1.76. The van der Waals surface area contributed by atoms with Gasteiger partial charge in [-0.05, 0) is 25.0 Å². The van der Waals surface area contributed by atoms with E-state index in [-0.39, 0.29) is 29.7 Å². The van der Waals surface area contributed by atoms with Gasteiger partial charge in [0.15, 0.2) is 0 Å². The maximum Gasteiger partial charge on any atom is 0.332 e. The Morgan fingerprint density at radius 3 is 2.46 bits per heavy atom. The van der Waals surface area contributed by atoms with E-state index in [1.54, 1.807) is 38.4 Å². The molecule has 0 radical (unpaired) electrons. The van der Waals surface area contributed by atoms with Gasteiger partial charge in [0, 0.05) is 20.1 Å². The minimum atomic E-state index is -0.374. The first-order chi connectivity index (χ1) is 11.5. The molecule has 0 atom stereocenters. The van der Waals surface area contributed by atoms with E-state index in [4.69, 9.17) is 0 Å². The molecule has 0 aliphatic heterocycles. The summed E-state index contributed by atoms with van der Waals surface area (Å²) in [5.41, 5.74) is -0.0911. The van der Waals surface area contributed by atoms with E-state index in [0.717, 1.165) is 32.1 Å². The van der Waals surface area contributed by atoms with Gasteiger partial charge in [-0.2, -0.15) is 0 Å². The highest BCUT2D eigenvalue weighted by Gasteiger charge is 2.23. The molecule has 24 heavy (non-hydrogen) atoms. The average Bonchev–Trinajstić information content (AvgIpc) is 2.59. The van der Waals surface area contributed by atoms with Crippen LogP contribution >= 0.6 is 0 Å². The summed E-state index contributed by atoms with van der Waals surface area (Å²) in [7, 11) is 3.32. The van der Waals surface area contributed by atoms with Crippen LogP contribution in [0.4, 0.5) is 0 Å². The van der Waals surface area contributed by atoms with Gasteiger partial charge in [-0.15, -0.1) is 0 Å². The van der Waals surface area contributed by atoms with Gasteiger partial charge < -0.3 is 4.90 Å². The first-order valence-electron chi connectivity index (χ1n) is 8.45. The van der Waals surface area contributed by atoms with Gasteiger partial charge in [0.1, 0.15) is 6.54 Å². The molecule has 1 aliphatic carbocycles. The number of aromatic nitrogens is 2. The number of carbonyl (C=O) groups excluding carboxylic acids is 1. The van der Waals surface area contributed by atoms with E-state index in [1.165, 1.54) is 14.0 Å². The van der Waals surface area contributed by atoms with Gasteiger partial charge in [-0.1, -0.05) is 31.4 Å². The number of rotatable bonds is 3. The van der Waals surface area contributed by atoms with Crippen LogP contribution in [0, 0.1) is 0 Å². The summed E-state index contributed by atoms with van der Waals surface area (Å²) >= 11 is 0. The second kappa shape index (κ2) is 6.63. The molecule has 3 rings (SSSR count). The highest BCUT2D eigenvalue weighted by molar-refractivity contribution is 5.81. The molecular weight excluding hydrogens is 306 g/mol. The fourth-order valence-corrected chi connectivity index (χ4v) is 3.43. The third-order valence-corrected chi connectivity index (χ3v) is 4.81. The number of benzene rings is 1. The third kappa shape index (κ3) is 2.88. The number of carbonyl (C=O) groups is 1. The van der Waals surface area contributed by atoms with Gasteiger partial charge in [-0.3, -0.25) is 18.7 Å². The first kappa shape index (κ1) is 16.5. The van der Waals surface area contributed by atoms with Crippen molar-refractivity contribution in [2.24, 2.45) is 0 Å². The van der Waals surface area contributed by atoms with E-state index in [9.17, 15) is 14.4 Å². The lowest BCUT2D eigenvalue weighted by atomic mass is 9.95. The highest BCUT2D eigenvalue weighted by atomic mass is 16.2. The minimum absolute atomic E-state index is 0.0562. The monoisotopic (exact) mass is 329 g/mol. The molecule has 1 saturated carbocycles. The largest absolute Gasteiger partial charge is 0.347 e. The van der Waals surface area contributed by atoms with Crippen LogP contribution in [0.1, 0.15) is 38.1 Å². The summed E-state index contributed by atoms with van der Waals surface area (Å²) in [6.07, 6.45) is 4.89. The number of likely N-dealkylation sites (N-methyl/N-ethyl adjacent to an activating group) is 1. The number of nitrogens with zero attached hydrogens (tertiary/aromatic N) is 3.